The van der Waals surface area contributed by atoms with Crippen molar-refractivity contribution in [3.05, 3.63) is 65.7 Å². The summed E-state index contributed by atoms with van der Waals surface area (Å²) in [6.07, 6.45) is 0.688. The molecule has 112 valence electrons. The fourth-order valence-electron chi connectivity index (χ4n) is 1.80. The summed E-state index contributed by atoms with van der Waals surface area (Å²) in [6, 6.07) is 15.1. The van der Waals surface area contributed by atoms with Crippen molar-refractivity contribution in [2.45, 2.75) is 0 Å². The van der Waals surface area contributed by atoms with Crippen LogP contribution in [0.5, 0.6) is 0 Å². The smallest absolute Gasteiger partial charge is 0.338 e. The van der Waals surface area contributed by atoms with Crippen LogP contribution in [0.2, 0.25) is 0 Å². The number of para-hydroxylation sites is 1. The van der Waals surface area contributed by atoms with Crippen LogP contribution >= 0.6 is 0 Å². The molecule has 2 aromatic rings. The summed E-state index contributed by atoms with van der Waals surface area (Å²) >= 11 is 0. The largest absolute Gasteiger partial charge is 0.452 e. The van der Waals surface area contributed by atoms with Crippen molar-refractivity contribution < 1.29 is 19.1 Å². The summed E-state index contributed by atoms with van der Waals surface area (Å²) in [5.41, 5.74) is 1.48. The highest BCUT2D eigenvalue weighted by atomic mass is 16.5. The van der Waals surface area contributed by atoms with E-state index in [1.807, 2.05) is 18.2 Å². The molecule has 0 spiro atoms. The maximum atomic E-state index is 12.0. The van der Waals surface area contributed by atoms with Gasteiger partial charge in [-0.3, -0.25) is 9.59 Å². The van der Waals surface area contributed by atoms with Gasteiger partial charge in [-0.25, -0.2) is 4.79 Å². The highest BCUT2D eigenvalue weighted by molar-refractivity contribution is 5.96. The van der Waals surface area contributed by atoms with Crippen molar-refractivity contribution in [3.8, 4) is 0 Å². The molecule has 0 aliphatic rings. The number of nitrogens with zero attached hydrogens (tertiary/aromatic N) is 1. The van der Waals surface area contributed by atoms with E-state index in [1.165, 1.54) is 29.2 Å². The van der Waals surface area contributed by atoms with Gasteiger partial charge < -0.3 is 9.64 Å². The molecular formula is C17H15NO4. The Bertz CT molecular complexity index is 665. The second kappa shape index (κ2) is 7.17. The van der Waals surface area contributed by atoms with E-state index in [-0.39, 0.29) is 12.5 Å². The van der Waals surface area contributed by atoms with Crippen molar-refractivity contribution in [1.29, 1.82) is 0 Å². The average molecular weight is 297 g/mol. The third kappa shape index (κ3) is 3.79. The van der Waals surface area contributed by atoms with Crippen LogP contribution in [0.1, 0.15) is 20.7 Å². The summed E-state index contributed by atoms with van der Waals surface area (Å²) in [7, 11) is 1.62. The lowest BCUT2D eigenvalue weighted by molar-refractivity contribution is -0.121. The molecule has 0 N–H and O–H groups in total. The number of hydrogen-bond acceptors (Lipinski definition) is 4. The number of anilines is 1. The first-order chi connectivity index (χ1) is 10.6. The predicted octanol–water partition coefficient (Wildman–Crippen LogP) is 2.32. The van der Waals surface area contributed by atoms with Crippen molar-refractivity contribution in [2.75, 3.05) is 18.6 Å². The first-order valence-corrected chi connectivity index (χ1v) is 6.66. The highest BCUT2D eigenvalue weighted by Crippen LogP contribution is 2.11. The van der Waals surface area contributed by atoms with Crippen LogP contribution in [0, 0.1) is 0 Å². The summed E-state index contributed by atoms with van der Waals surface area (Å²) in [5.74, 6) is -0.934. The van der Waals surface area contributed by atoms with Gasteiger partial charge in [0.05, 0.1) is 5.56 Å². The minimum atomic E-state index is -0.604. The Kier molecular flexibility index (Phi) is 5.03. The van der Waals surface area contributed by atoms with E-state index in [9.17, 15) is 14.4 Å². The molecule has 0 bridgehead atoms. The Hall–Kier alpha value is -2.95. The topological polar surface area (TPSA) is 63.7 Å². The molecule has 2 aromatic carbocycles. The maximum Gasteiger partial charge on any atom is 0.338 e. The number of ether oxygens (including phenoxy) is 1. The number of rotatable bonds is 5. The van der Waals surface area contributed by atoms with Crippen molar-refractivity contribution >= 4 is 23.9 Å². The van der Waals surface area contributed by atoms with Gasteiger partial charge in [0.2, 0.25) is 0 Å². The lowest BCUT2D eigenvalue weighted by Crippen LogP contribution is -2.31. The number of carbonyl (C=O) groups is 3. The monoisotopic (exact) mass is 297 g/mol. The molecule has 22 heavy (non-hydrogen) atoms. The molecule has 0 atom stereocenters. The number of amides is 1. The lowest BCUT2D eigenvalue weighted by Gasteiger charge is -2.17. The van der Waals surface area contributed by atoms with Gasteiger partial charge in [-0.05, 0) is 24.3 Å². The van der Waals surface area contributed by atoms with Crippen LogP contribution in [0.25, 0.3) is 0 Å². The Balaban J connectivity index is 1.92. The maximum absolute atomic E-state index is 12.0. The molecule has 0 saturated heterocycles. The second-order valence-corrected chi connectivity index (χ2v) is 4.60. The van der Waals surface area contributed by atoms with Crippen LogP contribution in [-0.4, -0.2) is 31.8 Å². The standard InChI is InChI=1S/C17H15NO4/c1-18(15-5-3-2-4-6-15)16(20)12-22-17(21)14-9-7-13(11-19)8-10-14/h2-11H,12H2,1H3. The van der Waals surface area contributed by atoms with Gasteiger partial charge in [0.1, 0.15) is 6.29 Å². The predicted molar refractivity (Wildman–Crippen MR) is 82.0 cm³/mol. The van der Waals surface area contributed by atoms with Gasteiger partial charge in [0.15, 0.2) is 6.61 Å². The minimum Gasteiger partial charge on any atom is -0.452 e. The van der Waals surface area contributed by atoms with Crippen LogP contribution < -0.4 is 4.90 Å². The molecule has 0 aliphatic carbocycles. The molecule has 0 saturated carbocycles. The molecule has 0 heterocycles. The molecule has 0 aliphatic heterocycles. The van der Waals surface area contributed by atoms with Crippen LogP contribution in [-0.2, 0) is 9.53 Å². The molecule has 2 rings (SSSR count). The minimum absolute atomic E-state index is 0.292. The van der Waals surface area contributed by atoms with E-state index in [2.05, 4.69) is 0 Å². The van der Waals surface area contributed by atoms with E-state index in [4.69, 9.17) is 4.74 Å². The van der Waals surface area contributed by atoms with Crippen molar-refractivity contribution in [2.24, 2.45) is 0 Å². The third-order valence-electron chi connectivity index (χ3n) is 3.13. The normalized spacial score (nSPS) is 9.86. The molecule has 0 fully saturated rings. The Morgan fingerprint density at radius 1 is 1.05 bits per heavy atom. The van der Waals surface area contributed by atoms with E-state index < -0.39 is 5.97 Å². The first kappa shape index (κ1) is 15.4. The number of aldehydes is 1. The number of carbonyl (C=O) groups excluding carboxylic acids is 3. The van der Waals surface area contributed by atoms with E-state index in [0.717, 1.165) is 5.69 Å². The Morgan fingerprint density at radius 2 is 1.68 bits per heavy atom. The van der Waals surface area contributed by atoms with E-state index in [0.29, 0.717) is 17.4 Å². The summed E-state index contributed by atoms with van der Waals surface area (Å²) in [5, 5.41) is 0. The van der Waals surface area contributed by atoms with Crippen molar-refractivity contribution in [1.82, 2.24) is 0 Å². The lowest BCUT2D eigenvalue weighted by atomic mass is 10.1. The van der Waals surface area contributed by atoms with Gasteiger partial charge in [0, 0.05) is 18.3 Å². The first-order valence-electron chi connectivity index (χ1n) is 6.66. The Morgan fingerprint density at radius 3 is 2.27 bits per heavy atom. The molecule has 0 aromatic heterocycles. The number of benzene rings is 2. The van der Waals surface area contributed by atoms with Crippen LogP contribution in [0.3, 0.4) is 0 Å². The highest BCUT2D eigenvalue weighted by Gasteiger charge is 2.14. The fourth-order valence-corrected chi connectivity index (χ4v) is 1.80. The van der Waals surface area contributed by atoms with Gasteiger partial charge in [-0.1, -0.05) is 30.3 Å². The zero-order valence-electron chi connectivity index (χ0n) is 12.1. The SMILES string of the molecule is CN(C(=O)COC(=O)c1ccc(C=O)cc1)c1ccccc1. The van der Waals surface area contributed by atoms with E-state index >= 15 is 0 Å². The average Bonchev–Trinajstić information content (AvgIpc) is 2.59. The van der Waals surface area contributed by atoms with Gasteiger partial charge >= 0.3 is 5.97 Å². The van der Waals surface area contributed by atoms with Gasteiger partial charge in [0.25, 0.3) is 5.91 Å². The zero-order valence-corrected chi connectivity index (χ0v) is 12.1. The van der Waals surface area contributed by atoms with Crippen LogP contribution in [0.4, 0.5) is 5.69 Å². The number of likely N-dealkylation sites (N-methyl/N-ethyl adjacent to an activating group) is 1. The van der Waals surface area contributed by atoms with E-state index in [1.54, 1.807) is 19.2 Å². The van der Waals surface area contributed by atoms with Crippen LogP contribution in [0.15, 0.2) is 54.6 Å². The molecule has 1 amide bonds. The number of hydrogen-bond donors (Lipinski definition) is 0. The molecule has 0 unspecified atom stereocenters. The summed E-state index contributed by atoms with van der Waals surface area (Å²) in [6.45, 7) is -0.348. The summed E-state index contributed by atoms with van der Waals surface area (Å²) < 4.78 is 4.99. The fraction of sp³-hybridized carbons (Fsp3) is 0.118. The number of esters is 1. The third-order valence-corrected chi connectivity index (χ3v) is 3.13. The van der Waals surface area contributed by atoms with Gasteiger partial charge in [-0.15, -0.1) is 0 Å². The molecule has 0 radical (unpaired) electrons. The quantitative estimate of drug-likeness (QED) is 0.627. The summed E-state index contributed by atoms with van der Waals surface area (Å²) in [4.78, 5) is 35.8. The molecule has 5 nitrogen and oxygen atoms in total. The second-order valence-electron chi connectivity index (χ2n) is 4.60. The molecule has 5 heteroatoms. The zero-order chi connectivity index (χ0) is 15.9. The Labute approximate surface area is 128 Å². The molecular weight excluding hydrogens is 282 g/mol. The van der Waals surface area contributed by atoms with Gasteiger partial charge in [-0.2, -0.15) is 0 Å². The van der Waals surface area contributed by atoms with Crippen molar-refractivity contribution in [3.63, 3.8) is 0 Å².